The molecule has 1 aliphatic heterocycles. The van der Waals surface area contributed by atoms with Gasteiger partial charge >= 0.3 is 0 Å². The van der Waals surface area contributed by atoms with E-state index < -0.39 is 0 Å². The number of hydrogen-bond donors (Lipinski definition) is 1. The van der Waals surface area contributed by atoms with Gasteiger partial charge in [-0.3, -0.25) is 0 Å². The molecule has 1 aromatic rings. The minimum Gasteiger partial charge on any atom is -0.365 e. The summed E-state index contributed by atoms with van der Waals surface area (Å²) in [6.07, 6.45) is 1.16. The molecule has 1 aliphatic rings. The lowest BCUT2D eigenvalue weighted by atomic mass is 9.94. The second-order valence-corrected chi connectivity index (χ2v) is 6.68. The van der Waals surface area contributed by atoms with Gasteiger partial charge in [-0.25, -0.2) is 4.39 Å². The van der Waals surface area contributed by atoms with E-state index in [-0.39, 0.29) is 5.82 Å². The molecule has 2 rings (SSSR count). The van der Waals surface area contributed by atoms with Gasteiger partial charge in [-0.1, -0.05) is 33.8 Å². The van der Waals surface area contributed by atoms with Gasteiger partial charge in [-0.05, 0) is 36.5 Å². The molecular weight excluding hydrogens is 251 g/mol. The smallest absolute Gasteiger partial charge is 0.125 e. The van der Waals surface area contributed by atoms with Crippen LogP contribution in [0.15, 0.2) is 24.3 Å². The van der Waals surface area contributed by atoms with Gasteiger partial charge in [0.2, 0.25) is 0 Å². The summed E-state index contributed by atoms with van der Waals surface area (Å²) in [5, 5.41) is 3.66. The Kier molecular flexibility index (Phi) is 5.03. The molecule has 0 spiro atoms. The molecule has 1 saturated heterocycles. The molecule has 1 heterocycles. The Morgan fingerprint density at radius 3 is 2.65 bits per heavy atom. The van der Waals surface area contributed by atoms with E-state index in [2.05, 4.69) is 37.9 Å². The quantitative estimate of drug-likeness (QED) is 0.904. The molecule has 0 amide bonds. The molecule has 0 aliphatic carbocycles. The molecular formula is C17H27FN2. The Bertz CT molecular complexity index is 431. The van der Waals surface area contributed by atoms with E-state index in [1.807, 2.05) is 12.1 Å². The monoisotopic (exact) mass is 278 g/mol. The van der Waals surface area contributed by atoms with Gasteiger partial charge < -0.3 is 10.2 Å². The van der Waals surface area contributed by atoms with Crippen molar-refractivity contribution < 1.29 is 4.39 Å². The highest BCUT2D eigenvalue weighted by atomic mass is 19.1. The third-order valence-corrected chi connectivity index (χ3v) is 4.10. The number of halogens is 1. The molecule has 3 heteroatoms. The topological polar surface area (TPSA) is 15.3 Å². The predicted molar refractivity (Wildman–Crippen MR) is 83.6 cm³/mol. The van der Waals surface area contributed by atoms with Crippen LogP contribution in [-0.2, 0) is 0 Å². The van der Waals surface area contributed by atoms with Gasteiger partial charge in [0, 0.05) is 30.9 Å². The largest absolute Gasteiger partial charge is 0.365 e. The van der Waals surface area contributed by atoms with Crippen LogP contribution in [0.2, 0.25) is 0 Å². The van der Waals surface area contributed by atoms with E-state index >= 15 is 0 Å². The number of rotatable bonds is 4. The average Bonchev–Trinajstić information content (AvgIpc) is 2.37. The number of anilines is 1. The predicted octanol–water partition coefficient (Wildman–Crippen LogP) is 3.67. The first-order valence-corrected chi connectivity index (χ1v) is 7.73. The fourth-order valence-electron chi connectivity index (χ4n) is 3.11. The van der Waals surface area contributed by atoms with Gasteiger partial charge in [0.1, 0.15) is 5.82 Å². The normalized spacial score (nSPS) is 23.6. The molecule has 112 valence electrons. The lowest BCUT2D eigenvalue weighted by Crippen LogP contribution is -2.58. The molecule has 0 aromatic heterocycles. The van der Waals surface area contributed by atoms with Crippen LogP contribution >= 0.6 is 0 Å². The second-order valence-electron chi connectivity index (χ2n) is 6.68. The van der Waals surface area contributed by atoms with Crippen LogP contribution in [0, 0.1) is 17.7 Å². The molecule has 1 fully saturated rings. The zero-order valence-corrected chi connectivity index (χ0v) is 13.1. The Balaban J connectivity index is 2.18. The first-order valence-electron chi connectivity index (χ1n) is 7.73. The molecule has 0 saturated carbocycles. The summed E-state index contributed by atoms with van der Waals surface area (Å²) in [4.78, 5) is 2.39. The first kappa shape index (κ1) is 15.3. The number of benzene rings is 1. The Labute approximate surface area is 122 Å². The van der Waals surface area contributed by atoms with E-state index in [0.29, 0.717) is 23.9 Å². The average molecular weight is 278 g/mol. The summed E-state index contributed by atoms with van der Waals surface area (Å²) in [7, 11) is 0. The van der Waals surface area contributed by atoms with Gasteiger partial charge in [0.25, 0.3) is 0 Å². The fourth-order valence-corrected chi connectivity index (χ4v) is 3.11. The summed E-state index contributed by atoms with van der Waals surface area (Å²) in [5.41, 5.74) is 1.01. The first-order chi connectivity index (χ1) is 9.47. The van der Waals surface area contributed by atoms with Crippen molar-refractivity contribution in [2.24, 2.45) is 11.8 Å². The van der Waals surface area contributed by atoms with Crippen molar-refractivity contribution in [1.82, 2.24) is 5.32 Å². The van der Waals surface area contributed by atoms with Gasteiger partial charge in [-0.15, -0.1) is 0 Å². The minimum absolute atomic E-state index is 0.149. The number of hydrogen-bond acceptors (Lipinski definition) is 2. The summed E-state index contributed by atoms with van der Waals surface area (Å²) in [6.45, 7) is 10.9. The lowest BCUT2D eigenvalue weighted by molar-refractivity contribution is 0.310. The van der Waals surface area contributed by atoms with Crippen LogP contribution in [0.25, 0.3) is 0 Å². The highest BCUT2D eigenvalue weighted by Crippen LogP contribution is 2.25. The Morgan fingerprint density at radius 1 is 1.30 bits per heavy atom. The zero-order chi connectivity index (χ0) is 14.7. The summed E-state index contributed by atoms with van der Waals surface area (Å²) in [5.74, 6) is 1.08. The van der Waals surface area contributed by atoms with E-state index in [4.69, 9.17) is 0 Å². The van der Waals surface area contributed by atoms with Gasteiger partial charge in [0.05, 0.1) is 0 Å². The minimum atomic E-state index is -0.149. The maximum atomic E-state index is 13.5. The van der Waals surface area contributed by atoms with Crippen molar-refractivity contribution in [3.05, 3.63) is 30.1 Å². The summed E-state index contributed by atoms with van der Waals surface area (Å²) in [6, 6.07) is 7.93. The van der Waals surface area contributed by atoms with E-state index in [1.165, 1.54) is 6.07 Å². The van der Waals surface area contributed by atoms with Crippen LogP contribution in [-0.4, -0.2) is 25.2 Å². The van der Waals surface area contributed by atoms with Crippen LogP contribution in [0.4, 0.5) is 10.1 Å². The molecule has 1 aromatic carbocycles. The zero-order valence-electron chi connectivity index (χ0n) is 13.1. The van der Waals surface area contributed by atoms with Crippen LogP contribution in [0.5, 0.6) is 0 Å². The fraction of sp³-hybridized carbons (Fsp3) is 0.647. The maximum Gasteiger partial charge on any atom is 0.125 e. The molecule has 20 heavy (non-hydrogen) atoms. The Morgan fingerprint density at radius 2 is 2.05 bits per heavy atom. The highest BCUT2D eigenvalue weighted by molar-refractivity contribution is 5.48. The molecule has 2 nitrogen and oxygen atoms in total. The summed E-state index contributed by atoms with van der Waals surface area (Å²) >= 11 is 0. The lowest BCUT2D eigenvalue weighted by Gasteiger charge is -2.44. The van der Waals surface area contributed by atoms with Gasteiger partial charge in [-0.2, -0.15) is 0 Å². The van der Waals surface area contributed by atoms with Crippen molar-refractivity contribution >= 4 is 5.69 Å². The third kappa shape index (κ3) is 3.72. The van der Waals surface area contributed by atoms with E-state index in [1.54, 1.807) is 6.07 Å². The molecule has 2 unspecified atom stereocenters. The van der Waals surface area contributed by atoms with E-state index in [0.717, 1.165) is 25.2 Å². The highest BCUT2D eigenvalue weighted by Gasteiger charge is 2.30. The second kappa shape index (κ2) is 6.57. The van der Waals surface area contributed by atoms with Crippen molar-refractivity contribution in [1.29, 1.82) is 0 Å². The molecule has 1 N–H and O–H groups in total. The summed E-state index contributed by atoms with van der Waals surface area (Å²) < 4.78 is 13.5. The Hall–Kier alpha value is -1.09. The maximum absolute atomic E-state index is 13.5. The number of nitrogens with one attached hydrogen (secondary N) is 1. The standard InChI is InChI=1S/C17H27FN2/c1-12(2)8-15-11-20(17(10-19-15)13(3)4)16-7-5-6-14(18)9-16/h5-7,9,12-13,15,17,19H,8,10-11H2,1-4H3. The van der Waals surface area contributed by atoms with Crippen LogP contribution < -0.4 is 10.2 Å². The van der Waals surface area contributed by atoms with Crippen molar-refractivity contribution in [2.75, 3.05) is 18.0 Å². The molecule has 0 bridgehead atoms. The number of piperazine rings is 1. The van der Waals surface area contributed by atoms with Crippen LogP contribution in [0.3, 0.4) is 0 Å². The van der Waals surface area contributed by atoms with Crippen LogP contribution in [0.1, 0.15) is 34.1 Å². The van der Waals surface area contributed by atoms with Crippen molar-refractivity contribution in [3.63, 3.8) is 0 Å². The van der Waals surface area contributed by atoms with E-state index in [9.17, 15) is 4.39 Å². The molecule has 0 radical (unpaired) electrons. The molecule has 2 atom stereocenters. The SMILES string of the molecule is CC(C)CC1CN(c2cccc(F)c2)C(C(C)C)CN1. The van der Waals surface area contributed by atoms with Gasteiger partial charge in [0.15, 0.2) is 0 Å². The number of nitrogens with zero attached hydrogens (tertiary/aromatic N) is 1. The van der Waals surface area contributed by atoms with Crippen molar-refractivity contribution in [3.8, 4) is 0 Å². The third-order valence-electron chi connectivity index (χ3n) is 4.10. The van der Waals surface area contributed by atoms with Crippen molar-refractivity contribution in [2.45, 2.75) is 46.2 Å².